The molecule has 1 aliphatic rings. The molecule has 7 nitrogen and oxygen atoms in total. The first-order valence-corrected chi connectivity index (χ1v) is 8.20. The van der Waals surface area contributed by atoms with Crippen LogP contribution in [0.1, 0.15) is 20.8 Å². The van der Waals surface area contributed by atoms with Crippen molar-refractivity contribution in [3.05, 3.63) is 34.4 Å². The second kappa shape index (κ2) is 5.70. The number of hydrogen-bond acceptors (Lipinski definition) is 5. The number of piperazine rings is 1. The van der Waals surface area contributed by atoms with E-state index in [4.69, 9.17) is 0 Å². The topological polar surface area (TPSA) is 92.6 Å². The number of hydrogen-bond donors (Lipinski definition) is 1. The van der Waals surface area contributed by atoms with Crippen LogP contribution < -0.4 is 5.32 Å². The normalized spacial score (nSPS) is 27.5. The van der Waals surface area contributed by atoms with E-state index >= 15 is 0 Å². The van der Waals surface area contributed by atoms with Crippen molar-refractivity contribution in [3.63, 3.8) is 0 Å². The van der Waals surface area contributed by atoms with Crippen LogP contribution in [0.2, 0.25) is 0 Å². The molecule has 0 bridgehead atoms. The summed E-state index contributed by atoms with van der Waals surface area (Å²) in [6.07, 6.45) is 0. The minimum Gasteiger partial charge on any atom is -0.311 e. The maximum Gasteiger partial charge on any atom is 0.269 e. The van der Waals surface area contributed by atoms with Gasteiger partial charge in [-0.15, -0.1) is 0 Å². The predicted octanol–water partition coefficient (Wildman–Crippen LogP) is 1.35. The molecule has 1 heterocycles. The van der Waals surface area contributed by atoms with Gasteiger partial charge in [-0.2, -0.15) is 4.31 Å². The van der Waals surface area contributed by atoms with Crippen molar-refractivity contribution in [3.8, 4) is 0 Å². The number of nitrogens with zero attached hydrogens (tertiary/aromatic N) is 2. The summed E-state index contributed by atoms with van der Waals surface area (Å²) in [6, 6.07) is 4.71. The van der Waals surface area contributed by atoms with Gasteiger partial charge in [-0.1, -0.05) is 0 Å². The second-order valence-corrected chi connectivity index (χ2v) is 7.22. The van der Waals surface area contributed by atoms with E-state index in [1.807, 2.05) is 20.8 Å². The van der Waals surface area contributed by atoms with Crippen LogP contribution in [-0.4, -0.2) is 42.3 Å². The molecular formula is C13H19N3O4S. The highest BCUT2D eigenvalue weighted by atomic mass is 32.2. The average Bonchev–Trinajstić information content (AvgIpc) is 2.43. The van der Waals surface area contributed by atoms with Gasteiger partial charge in [0.1, 0.15) is 0 Å². The summed E-state index contributed by atoms with van der Waals surface area (Å²) in [5.74, 6) is 0. The number of nitro groups is 1. The first-order valence-electron chi connectivity index (χ1n) is 6.76. The third kappa shape index (κ3) is 2.92. The van der Waals surface area contributed by atoms with Crippen LogP contribution in [0.4, 0.5) is 5.69 Å². The van der Waals surface area contributed by atoms with E-state index in [-0.39, 0.29) is 28.7 Å². The predicted molar refractivity (Wildman–Crippen MR) is 78.5 cm³/mol. The molecule has 21 heavy (non-hydrogen) atoms. The van der Waals surface area contributed by atoms with Gasteiger partial charge in [0.25, 0.3) is 5.69 Å². The Kier molecular flexibility index (Phi) is 4.31. The number of nitrogens with one attached hydrogen (secondary N) is 1. The molecule has 0 radical (unpaired) electrons. The Bertz CT molecular complexity index is 629. The van der Waals surface area contributed by atoms with Gasteiger partial charge in [-0.25, -0.2) is 8.42 Å². The molecule has 116 valence electrons. The van der Waals surface area contributed by atoms with Crippen LogP contribution in [0.5, 0.6) is 0 Å². The summed E-state index contributed by atoms with van der Waals surface area (Å²) in [6.45, 7) is 6.22. The molecule has 1 aliphatic heterocycles. The molecule has 0 spiro atoms. The molecule has 1 N–H and O–H groups in total. The molecule has 8 heteroatoms. The molecular weight excluding hydrogens is 294 g/mol. The summed E-state index contributed by atoms with van der Waals surface area (Å²) in [7, 11) is -3.67. The first-order chi connectivity index (χ1) is 9.75. The van der Waals surface area contributed by atoms with Crippen molar-refractivity contribution in [2.24, 2.45) is 0 Å². The molecule has 1 aromatic carbocycles. The lowest BCUT2D eigenvalue weighted by atomic mass is 10.1. The lowest BCUT2D eigenvalue weighted by Gasteiger charge is -2.42. The Labute approximate surface area is 124 Å². The van der Waals surface area contributed by atoms with E-state index in [0.717, 1.165) is 0 Å². The highest BCUT2D eigenvalue weighted by Gasteiger charge is 2.38. The van der Waals surface area contributed by atoms with Crippen LogP contribution in [0.25, 0.3) is 0 Å². The lowest BCUT2D eigenvalue weighted by molar-refractivity contribution is -0.384. The Morgan fingerprint density at radius 3 is 2.33 bits per heavy atom. The number of non-ortho nitro benzene ring substituents is 1. The van der Waals surface area contributed by atoms with E-state index < -0.39 is 14.9 Å². The van der Waals surface area contributed by atoms with Crippen LogP contribution in [0.15, 0.2) is 29.2 Å². The van der Waals surface area contributed by atoms with Crippen LogP contribution in [0, 0.1) is 10.1 Å². The Balaban J connectivity index is 2.38. The molecule has 1 fully saturated rings. The van der Waals surface area contributed by atoms with Gasteiger partial charge in [0.2, 0.25) is 10.0 Å². The molecule has 1 saturated heterocycles. The standard InChI is InChI=1S/C13H19N3O4S/c1-9-8-14-10(2)11(3)15(9)21(19,20)13-6-4-12(5-7-13)16(17)18/h4-7,9-11,14H,8H2,1-3H3. The van der Waals surface area contributed by atoms with Gasteiger partial charge in [0.15, 0.2) is 0 Å². The summed E-state index contributed by atoms with van der Waals surface area (Å²) in [5, 5.41) is 13.9. The number of rotatable bonds is 3. The van der Waals surface area contributed by atoms with E-state index in [9.17, 15) is 18.5 Å². The molecule has 3 atom stereocenters. The van der Waals surface area contributed by atoms with E-state index in [0.29, 0.717) is 6.54 Å². The summed E-state index contributed by atoms with van der Waals surface area (Å²) in [4.78, 5) is 10.2. The molecule has 0 aliphatic carbocycles. The smallest absolute Gasteiger partial charge is 0.269 e. The average molecular weight is 313 g/mol. The van der Waals surface area contributed by atoms with Crippen molar-refractivity contribution in [1.29, 1.82) is 0 Å². The molecule has 1 aromatic rings. The number of sulfonamides is 1. The quantitative estimate of drug-likeness (QED) is 0.672. The zero-order chi connectivity index (χ0) is 15.8. The van der Waals surface area contributed by atoms with Crippen molar-refractivity contribution >= 4 is 15.7 Å². The molecule has 0 amide bonds. The summed E-state index contributed by atoms with van der Waals surface area (Å²) < 4.78 is 27.0. The maximum absolute atomic E-state index is 12.8. The number of benzene rings is 1. The van der Waals surface area contributed by atoms with Crippen molar-refractivity contribution in [1.82, 2.24) is 9.62 Å². The van der Waals surface area contributed by atoms with E-state index in [2.05, 4.69) is 5.32 Å². The Morgan fingerprint density at radius 2 is 1.81 bits per heavy atom. The SMILES string of the molecule is CC1NCC(C)N(S(=O)(=O)c2ccc([N+](=O)[O-])cc2)C1C. The van der Waals surface area contributed by atoms with Crippen LogP contribution in [-0.2, 0) is 10.0 Å². The monoisotopic (exact) mass is 313 g/mol. The summed E-state index contributed by atoms with van der Waals surface area (Å²) in [5.41, 5.74) is -0.122. The van der Waals surface area contributed by atoms with Gasteiger partial charge in [-0.05, 0) is 32.9 Å². The van der Waals surface area contributed by atoms with Crippen molar-refractivity contribution in [2.75, 3.05) is 6.54 Å². The minimum absolute atomic E-state index is 0.0500. The largest absolute Gasteiger partial charge is 0.311 e. The van der Waals surface area contributed by atoms with Gasteiger partial charge in [0, 0.05) is 36.8 Å². The van der Waals surface area contributed by atoms with Gasteiger partial charge in [-0.3, -0.25) is 10.1 Å². The highest BCUT2D eigenvalue weighted by molar-refractivity contribution is 7.89. The van der Waals surface area contributed by atoms with Crippen LogP contribution in [0.3, 0.4) is 0 Å². The third-order valence-corrected chi connectivity index (χ3v) is 6.03. The zero-order valence-corrected chi connectivity index (χ0v) is 13.0. The molecule has 2 rings (SSSR count). The fourth-order valence-electron chi connectivity index (χ4n) is 2.56. The molecule has 0 aromatic heterocycles. The van der Waals surface area contributed by atoms with E-state index in [1.54, 1.807) is 0 Å². The second-order valence-electron chi connectivity index (χ2n) is 5.37. The molecule has 3 unspecified atom stereocenters. The Hall–Kier alpha value is -1.51. The third-order valence-electron chi connectivity index (χ3n) is 3.92. The van der Waals surface area contributed by atoms with Crippen molar-refractivity contribution in [2.45, 2.75) is 43.8 Å². The first kappa shape index (κ1) is 15.9. The fraction of sp³-hybridized carbons (Fsp3) is 0.538. The number of nitro benzene ring substituents is 1. The maximum atomic E-state index is 12.8. The van der Waals surface area contributed by atoms with Crippen molar-refractivity contribution < 1.29 is 13.3 Å². The van der Waals surface area contributed by atoms with Gasteiger partial charge in [0.05, 0.1) is 9.82 Å². The zero-order valence-electron chi connectivity index (χ0n) is 12.2. The molecule has 0 saturated carbocycles. The summed E-state index contributed by atoms with van der Waals surface area (Å²) >= 11 is 0. The fourth-order valence-corrected chi connectivity index (χ4v) is 4.45. The van der Waals surface area contributed by atoms with Crippen LogP contribution >= 0.6 is 0 Å². The minimum atomic E-state index is -3.67. The van der Waals surface area contributed by atoms with Gasteiger partial charge < -0.3 is 5.32 Å². The van der Waals surface area contributed by atoms with Gasteiger partial charge >= 0.3 is 0 Å². The van der Waals surface area contributed by atoms with E-state index in [1.165, 1.54) is 28.6 Å². The Morgan fingerprint density at radius 1 is 1.24 bits per heavy atom. The lowest BCUT2D eigenvalue weighted by Crippen LogP contribution is -2.61. The highest BCUT2D eigenvalue weighted by Crippen LogP contribution is 2.26.